The quantitative estimate of drug-likeness (QED) is 0.158. The first kappa shape index (κ1) is 31.0. The molecule has 0 unspecified atom stereocenters. The molecule has 0 aliphatic rings. The second kappa shape index (κ2) is 13.8. The summed E-state index contributed by atoms with van der Waals surface area (Å²) in [5, 5.41) is 0.447. The Morgan fingerprint density at radius 2 is 1.67 bits per heavy atom. The van der Waals surface area contributed by atoms with Crippen molar-refractivity contribution < 1.29 is 18.7 Å². The SMILES string of the molecule is CCOC(=O)c1cn(Cc2ccccc2F)c2sc(-c3ccc(OC)cc3)c(CN(C)Cc3ccccc3)c2c1=O.Cl. The standard InChI is InChI=1S/C33H31FN2O4S.ClH/c1-4-40-33(38)27-21-36(19-24-12-8-9-13-28(24)34)32-29(30(27)37)26(20-35(2)18-22-10-6-5-7-11-22)31(41-32)23-14-16-25(39-3)17-15-23;/h5-17,21H,4,18-20H2,1-3H3;1H. The van der Waals surface area contributed by atoms with E-state index < -0.39 is 5.97 Å². The van der Waals surface area contributed by atoms with E-state index in [4.69, 9.17) is 9.47 Å². The average Bonchev–Trinajstić information content (AvgIpc) is 3.35. The van der Waals surface area contributed by atoms with Gasteiger partial charge in [0, 0.05) is 29.7 Å². The lowest BCUT2D eigenvalue weighted by molar-refractivity contribution is 0.0524. The highest BCUT2D eigenvalue weighted by atomic mass is 35.5. The summed E-state index contributed by atoms with van der Waals surface area (Å²) in [5.41, 5.74) is 2.87. The Hall–Kier alpha value is -3.98. The van der Waals surface area contributed by atoms with Crippen LogP contribution in [0.4, 0.5) is 4.39 Å². The Labute approximate surface area is 254 Å². The number of thiophene rings is 1. The van der Waals surface area contributed by atoms with Gasteiger partial charge in [0.2, 0.25) is 5.43 Å². The molecule has 0 aliphatic carbocycles. The molecule has 218 valence electrons. The van der Waals surface area contributed by atoms with Crippen molar-refractivity contribution in [3.05, 3.63) is 123 Å². The molecular formula is C33H32ClFN2O4S. The molecule has 2 heterocycles. The van der Waals surface area contributed by atoms with Gasteiger partial charge in [-0.15, -0.1) is 23.7 Å². The number of carbonyl (C=O) groups is 1. The Bertz CT molecular complexity index is 1740. The Morgan fingerprint density at radius 1 is 0.976 bits per heavy atom. The maximum atomic E-state index is 14.8. The topological polar surface area (TPSA) is 60.8 Å². The number of carbonyl (C=O) groups excluding carboxylic acids is 1. The molecule has 5 rings (SSSR count). The molecule has 0 saturated carbocycles. The lowest BCUT2D eigenvalue weighted by Gasteiger charge is -2.18. The number of nitrogens with zero attached hydrogens (tertiary/aromatic N) is 2. The van der Waals surface area contributed by atoms with E-state index in [0.29, 0.717) is 28.9 Å². The number of hydrogen-bond acceptors (Lipinski definition) is 6. The highest BCUT2D eigenvalue weighted by Gasteiger charge is 2.25. The molecule has 42 heavy (non-hydrogen) atoms. The van der Waals surface area contributed by atoms with Gasteiger partial charge in [0.25, 0.3) is 0 Å². The van der Waals surface area contributed by atoms with Crippen LogP contribution in [0.15, 0.2) is 89.9 Å². The van der Waals surface area contributed by atoms with Crippen LogP contribution in [0.25, 0.3) is 20.7 Å². The minimum Gasteiger partial charge on any atom is -0.497 e. The molecule has 0 amide bonds. The number of ether oxygens (including phenoxy) is 2. The summed E-state index contributed by atoms with van der Waals surface area (Å²) in [6, 6.07) is 24.3. The number of benzene rings is 3. The molecule has 0 atom stereocenters. The highest BCUT2D eigenvalue weighted by Crippen LogP contribution is 2.39. The summed E-state index contributed by atoms with van der Waals surface area (Å²) in [4.78, 5) is 30.7. The summed E-state index contributed by atoms with van der Waals surface area (Å²) in [5.74, 6) is -0.324. The zero-order chi connectivity index (χ0) is 28.9. The molecular weight excluding hydrogens is 575 g/mol. The van der Waals surface area contributed by atoms with Crippen LogP contribution >= 0.6 is 23.7 Å². The average molecular weight is 607 g/mol. The van der Waals surface area contributed by atoms with Crippen molar-refractivity contribution >= 4 is 39.9 Å². The highest BCUT2D eigenvalue weighted by molar-refractivity contribution is 7.22. The van der Waals surface area contributed by atoms with Crippen molar-refractivity contribution in [2.45, 2.75) is 26.6 Å². The van der Waals surface area contributed by atoms with E-state index in [-0.39, 0.29) is 42.4 Å². The van der Waals surface area contributed by atoms with E-state index in [1.54, 1.807) is 36.8 Å². The third-order valence-electron chi connectivity index (χ3n) is 6.88. The van der Waals surface area contributed by atoms with Crippen molar-refractivity contribution in [2.75, 3.05) is 20.8 Å². The smallest absolute Gasteiger partial charge is 0.343 e. The van der Waals surface area contributed by atoms with Crippen molar-refractivity contribution in [1.29, 1.82) is 0 Å². The maximum Gasteiger partial charge on any atom is 0.343 e. The molecule has 0 bridgehead atoms. The van der Waals surface area contributed by atoms with E-state index in [0.717, 1.165) is 27.3 Å². The number of methoxy groups -OCH3 is 1. The van der Waals surface area contributed by atoms with Crippen LogP contribution in [0, 0.1) is 5.82 Å². The van der Waals surface area contributed by atoms with Crippen LogP contribution in [0.2, 0.25) is 0 Å². The first-order valence-electron chi connectivity index (χ1n) is 13.4. The van der Waals surface area contributed by atoms with Gasteiger partial charge < -0.3 is 14.0 Å². The molecule has 3 aromatic carbocycles. The fourth-order valence-corrected chi connectivity index (χ4v) is 6.21. The molecule has 0 radical (unpaired) electrons. The van der Waals surface area contributed by atoms with Gasteiger partial charge in [0.05, 0.1) is 25.6 Å². The maximum absolute atomic E-state index is 14.8. The number of fused-ring (bicyclic) bond motifs is 1. The van der Waals surface area contributed by atoms with Crippen molar-refractivity contribution in [3.8, 4) is 16.2 Å². The molecule has 0 saturated heterocycles. The van der Waals surface area contributed by atoms with E-state index in [1.807, 2.05) is 49.5 Å². The zero-order valence-corrected chi connectivity index (χ0v) is 25.3. The van der Waals surface area contributed by atoms with E-state index in [2.05, 4.69) is 17.0 Å². The second-order valence-corrected chi connectivity index (χ2v) is 10.8. The fraction of sp³-hybridized carbons (Fsp3) is 0.212. The number of aromatic nitrogens is 1. The van der Waals surface area contributed by atoms with E-state index in [9.17, 15) is 14.0 Å². The molecule has 0 fully saturated rings. The van der Waals surface area contributed by atoms with Gasteiger partial charge in [0.15, 0.2) is 0 Å². The van der Waals surface area contributed by atoms with Crippen LogP contribution in [0.3, 0.4) is 0 Å². The van der Waals surface area contributed by atoms with Crippen LogP contribution < -0.4 is 10.2 Å². The number of esters is 1. The zero-order valence-electron chi connectivity index (χ0n) is 23.6. The van der Waals surface area contributed by atoms with Crippen LogP contribution in [-0.4, -0.2) is 36.2 Å². The summed E-state index contributed by atoms with van der Waals surface area (Å²) in [6.07, 6.45) is 1.50. The monoisotopic (exact) mass is 606 g/mol. The largest absolute Gasteiger partial charge is 0.497 e. The number of halogens is 2. The molecule has 0 spiro atoms. The van der Waals surface area contributed by atoms with Gasteiger partial charge >= 0.3 is 5.97 Å². The first-order valence-corrected chi connectivity index (χ1v) is 14.2. The minimum atomic E-state index is -0.692. The number of pyridine rings is 1. The molecule has 5 aromatic rings. The second-order valence-electron chi connectivity index (χ2n) is 9.79. The third kappa shape index (κ3) is 6.57. The summed E-state index contributed by atoms with van der Waals surface area (Å²) in [6.45, 7) is 3.11. The van der Waals surface area contributed by atoms with Crippen LogP contribution in [-0.2, 0) is 24.4 Å². The van der Waals surface area contributed by atoms with Gasteiger partial charge in [-0.05, 0) is 61.0 Å². The third-order valence-corrected chi connectivity index (χ3v) is 8.19. The van der Waals surface area contributed by atoms with Gasteiger partial charge in [0.1, 0.15) is 22.0 Å². The van der Waals surface area contributed by atoms with Crippen molar-refractivity contribution in [3.63, 3.8) is 0 Å². The Kier molecular flexibility index (Phi) is 10.2. The van der Waals surface area contributed by atoms with Gasteiger partial charge in [-0.1, -0.05) is 48.5 Å². The molecule has 6 nitrogen and oxygen atoms in total. The molecule has 2 aromatic heterocycles. The van der Waals surface area contributed by atoms with Gasteiger partial charge in [-0.2, -0.15) is 0 Å². The van der Waals surface area contributed by atoms with E-state index in [1.165, 1.54) is 23.6 Å². The lowest BCUT2D eigenvalue weighted by Crippen LogP contribution is -2.23. The predicted molar refractivity (Wildman–Crippen MR) is 168 cm³/mol. The van der Waals surface area contributed by atoms with Crippen LogP contribution in [0.5, 0.6) is 5.75 Å². The summed E-state index contributed by atoms with van der Waals surface area (Å²) >= 11 is 1.46. The fourth-order valence-electron chi connectivity index (χ4n) is 4.93. The Balaban J connectivity index is 0.00000405. The normalized spacial score (nSPS) is 11.0. The first-order chi connectivity index (χ1) is 19.9. The van der Waals surface area contributed by atoms with Crippen molar-refractivity contribution in [2.24, 2.45) is 0 Å². The number of hydrogen-bond donors (Lipinski definition) is 0. The lowest BCUT2D eigenvalue weighted by atomic mass is 10.0. The Morgan fingerprint density at radius 3 is 2.33 bits per heavy atom. The van der Waals surface area contributed by atoms with Crippen LogP contribution in [0.1, 0.15) is 34.0 Å². The minimum absolute atomic E-state index is 0. The van der Waals surface area contributed by atoms with Gasteiger partial charge in [-0.3, -0.25) is 9.69 Å². The van der Waals surface area contributed by atoms with Crippen molar-refractivity contribution in [1.82, 2.24) is 9.47 Å². The summed E-state index contributed by atoms with van der Waals surface area (Å²) < 4.78 is 27.2. The predicted octanol–water partition coefficient (Wildman–Crippen LogP) is 7.16. The molecule has 0 aliphatic heterocycles. The van der Waals surface area contributed by atoms with E-state index >= 15 is 0 Å². The number of rotatable bonds is 10. The van der Waals surface area contributed by atoms with Gasteiger partial charge in [-0.25, -0.2) is 9.18 Å². The molecule has 0 N–H and O–H groups in total. The summed E-state index contributed by atoms with van der Waals surface area (Å²) in [7, 11) is 3.62. The molecule has 9 heteroatoms.